The number of hydrogen-bond donors (Lipinski definition) is 1. The summed E-state index contributed by atoms with van der Waals surface area (Å²) in [4.78, 5) is 12.3. The zero-order valence-corrected chi connectivity index (χ0v) is 9.44. The van der Waals surface area contributed by atoms with E-state index >= 15 is 0 Å². The maximum Gasteiger partial charge on any atom is 0.171 e. The summed E-state index contributed by atoms with van der Waals surface area (Å²) in [5.74, 6) is 0.0132. The van der Waals surface area contributed by atoms with Gasteiger partial charge in [0.2, 0.25) is 0 Å². The Morgan fingerprint density at radius 2 is 2.06 bits per heavy atom. The molecule has 1 aliphatic carbocycles. The van der Waals surface area contributed by atoms with Crippen LogP contribution >= 0.6 is 0 Å². The van der Waals surface area contributed by atoms with Crippen molar-refractivity contribution in [2.24, 2.45) is 5.41 Å². The molecular weight excluding hydrogens is 200 g/mol. The summed E-state index contributed by atoms with van der Waals surface area (Å²) < 4.78 is 0. The monoisotopic (exact) mass is 216 g/mol. The Morgan fingerprint density at radius 1 is 1.44 bits per heavy atom. The minimum atomic E-state index is -0.696. The second-order valence-electron chi connectivity index (χ2n) is 4.76. The third-order valence-electron chi connectivity index (χ3n) is 3.39. The third kappa shape index (κ3) is 1.69. The van der Waals surface area contributed by atoms with Gasteiger partial charge in [-0.05, 0) is 19.8 Å². The topological polar surface area (TPSA) is 37.3 Å². The van der Waals surface area contributed by atoms with Crippen molar-refractivity contribution in [3.63, 3.8) is 0 Å². The molecule has 2 rings (SSSR count). The fourth-order valence-corrected chi connectivity index (χ4v) is 2.36. The molecule has 0 amide bonds. The molecule has 2 atom stereocenters. The van der Waals surface area contributed by atoms with Crippen molar-refractivity contribution in [3.8, 4) is 0 Å². The summed E-state index contributed by atoms with van der Waals surface area (Å²) in [5.41, 5.74) is 0.927. The highest BCUT2D eigenvalue weighted by Gasteiger charge is 2.45. The number of aliphatic hydroxyl groups is 1. The van der Waals surface area contributed by atoms with Crippen molar-refractivity contribution in [3.05, 3.63) is 48.0 Å². The highest BCUT2D eigenvalue weighted by atomic mass is 16.3. The average molecular weight is 216 g/mol. The number of hydrogen-bond acceptors (Lipinski definition) is 2. The number of aliphatic hydroxyl groups excluding tert-OH is 1. The molecule has 0 radical (unpaired) electrons. The molecule has 0 aromatic heterocycles. The Hall–Kier alpha value is -1.41. The number of Topliss-reactive ketones (excluding diaryl/α,β-unsaturated/α-hetero) is 1. The van der Waals surface area contributed by atoms with Gasteiger partial charge in [-0.3, -0.25) is 4.79 Å². The number of benzene rings is 1. The van der Waals surface area contributed by atoms with Crippen molar-refractivity contribution in [2.75, 3.05) is 0 Å². The van der Waals surface area contributed by atoms with Crippen LogP contribution in [-0.4, -0.2) is 17.0 Å². The van der Waals surface area contributed by atoms with E-state index in [0.29, 0.717) is 18.4 Å². The van der Waals surface area contributed by atoms with Gasteiger partial charge in [-0.25, -0.2) is 0 Å². The molecule has 2 nitrogen and oxygen atoms in total. The van der Waals surface area contributed by atoms with Crippen LogP contribution in [0.1, 0.15) is 30.1 Å². The van der Waals surface area contributed by atoms with E-state index in [1.807, 2.05) is 25.1 Å². The zero-order valence-electron chi connectivity index (χ0n) is 9.44. The van der Waals surface area contributed by atoms with Gasteiger partial charge in [0.15, 0.2) is 5.78 Å². The van der Waals surface area contributed by atoms with Crippen LogP contribution < -0.4 is 0 Å². The smallest absolute Gasteiger partial charge is 0.171 e. The Bertz CT molecular complexity index is 422. The van der Waals surface area contributed by atoms with Gasteiger partial charge in [0.25, 0.3) is 0 Å². The number of carbonyl (C=O) groups is 1. The second kappa shape index (κ2) is 3.87. The van der Waals surface area contributed by atoms with Crippen LogP contribution in [0.3, 0.4) is 0 Å². The normalized spacial score (nSPS) is 29.4. The molecule has 2 unspecified atom stereocenters. The summed E-state index contributed by atoms with van der Waals surface area (Å²) in [6.07, 6.45) is 0.518. The first-order chi connectivity index (χ1) is 7.54. The van der Waals surface area contributed by atoms with E-state index in [4.69, 9.17) is 0 Å². The number of carbonyl (C=O) groups excluding carboxylic acids is 1. The molecule has 1 aromatic rings. The molecule has 1 aliphatic rings. The van der Waals surface area contributed by atoms with E-state index in [9.17, 15) is 9.90 Å². The summed E-state index contributed by atoms with van der Waals surface area (Å²) in [6, 6.07) is 9.14. The molecule has 1 aromatic carbocycles. The van der Waals surface area contributed by atoms with Crippen LogP contribution in [0.4, 0.5) is 0 Å². The lowest BCUT2D eigenvalue weighted by Crippen LogP contribution is -2.35. The summed E-state index contributed by atoms with van der Waals surface area (Å²) >= 11 is 0. The highest BCUT2D eigenvalue weighted by Crippen LogP contribution is 2.42. The lowest BCUT2D eigenvalue weighted by Gasteiger charge is -2.25. The predicted molar refractivity (Wildman–Crippen MR) is 63.3 cm³/mol. The van der Waals surface area contributed by atoms with Gasteiger partial charge in [0.05, 0.1) is 11.5 Å². The fraction of sp³-hybridized carbons (Fsp3) is 0.357. The predicted octanol–water partition coefficient (Wildman–Crippen LogP) is 2.59. The summed E-state index contributed by atoms with van der Waals surface area (Å²) in [5, 5.41) is 9.97. The van der Waals surface area contributed by atoms with Crippen LogP contribution in [-0.2, 0) is 0 Å². The van der Waals surface area contributed by atoms with Gasteiger partial charge in [-0.15, -0.1) is 0 Å². The van der Waals surface area contributed by atoms with Gasteiger partial charge in [0, 0.05) is 5.56 Å². The average Bonchev–Trinajstić information content (AvgIpc) is 2.54. The molecule has 0 spiro atoms. The number of ketones is 1. The Balaban J connectivity index is 2.32. The molecule has 0 aliphatic heterocycles. The van der Waals surface area contributed by atoms with Crippen LogP contribution in [0, 0.1) is 5.41 Å². The quantitative estimate of drug-likeness (QED) is 0.609. The molecule has 84 valence electrons. The first kappa shape index (κ1) is 11.1. The maximum atomic E-state index is 12.3. The van der Waals surface area contributed by atoms with Crippen LogP contribution in [0.25, 0.3) is 0 Å². The zero-order chi connectivity index (χ0) is 11.8. The molecule has 1 N–H and O–H groups in total. The highest BCUT2D eigenvalue weighted by molar-refractivity contribution is 6.01. The minimum absolute atomic E-state index is 0.0132. The SMILES string of the molecule is C=C1CC(O)C(C)(C(=O)c2ccccc2)C1. The van der Waals surface area contributed by atoms with E-state index in [-0.39, 0.29) is 5.78 Å². The standard InChI is InChI=1S/C14H16O2/c1-10-8-12(15)14(2,9-10)13(16)11-6-4-3-5-7-11/h3-7,12,15H,1,8-9H2,2H3. The fourth-order valence-electron chi connectivity index (χ4n) is 2.36. The minimum Gasteiger partial charge on any atom is -0.392 e. The Labute approximate surface area is 95.6 Å². The van der Waals surface area contributed by atoms with Gasteiger partial charge < -0.3 is 5.11 Å². The summed E-state index contributed by atoms with van der Waals surface area (Å²) in [7, 11) is 0. The van der Waals surface area contributed by atoms with E-state index in [1.165, 1.54) is 0 Å². The molecule has 1 saturated carbocycles. The number of rotatable bonds is 2. The maximum absolute atomic E-state index is 12.3. The van der Waals surface area contributed by atoms with E-state index in [1.54, 1.807) is 12.1 Å². The van der Waals surface area contributed by atoms with E-state index < -0.39 is 11.5 Å². The van der Waals surface area contributed by atoms with E-state index in [2.05, 4.69) is 6.58 Å². The second-order valence-corrected chi connectivity index (χ2v) is 4.76. The van der Waals surface area contributed by atoms with Gasteiger partial charge in [0.1, 0.15) is 0 Å². The molecule has 0 heterocycles. The molecule has 16 heavy (non-hydrogen) atoms. The van der Waals surface area contributed by atoms with Gasteiger partial charge in [-0.1, -0.05) is 42.5 Å². The lowest BCUT2D eigenvalue weighted by atomic mass is 9.79. The van der Waals surface area contributed by atoms with Gasteiger partial charge >= 0.3 is 0 Å². The van der Waals surface area contributed by atoms with Crippen molar-refractivity contribution in [2.45, 2.75) is 25.9 Å². The molecule has 0 saturated heterocycles. The molecule has 2 heteroatoms. The van der Waals surface area contributed by atoms with Crippen molar-refractivity contribution in [1.29, 1.82) is 0 Å². The van der Waals surface area contributed by atoms with Crippen molar-refractivity contribution < 1.29 is 9.90 Å². The first-order valence-corrected chi connectivity index (χ1v) is 5.48. The summed E-state index contributed by atoms with van der Waals surface area (Å²) in [6.45, 7) is 5.69. The largest absolute Gasteiger partial charge is 0.392 e. The Morgan fingerprint density at radius 3 is 2.56 bits per heavy atom. The molecule has 0 bridgehead atoms. The Kier molecular flexibility index (Phi) is 2.68. The van der Waals surface area contributed by atoms with Crippen LogP contribution in [0.5, 0.6) is 0 Å². The van der Waals surface area contributed by atoms with Crippen molar-refractivity contribution >= 4 is 5.78 Å². The molecule has 1 fully saturated rings. The van der Waals surface area contributed by atoms with Gasteiger partial charge in [-0.2, -0.15) is 0 Å². The molecular formula is C14H16O2. The van der Waals surface area contributed by atoms with E-state index in [0.717, 1.165) is 5.57 Å². The van der Waals surface area contributed by atoms with Crippen LogP contribution in [0.2, 0.25) is 0 Å². The lowest BCUT2D eigenvalue weighted by molar-refractivity contribution is 0.0473. The first-order valence-electron chi connectivity index (χ1n) is 5.48. The van der Waals surface area contributed by atoms with Crippen molar-refractivity contribution in [1.82, 2.24) is 0 Å². The van der Waals surface area contributed by atoms with Crippen LogP contribution in [0.15, 0.2) is 42.5 Å². The third-order valence-corrected chi connectivity index (χ3v) is 3.39.